The van der Waals surface area contributed by atoms with Crippen molar-refractivity contribution in [2.75, 3.05) is 0 Å². The normalized spacial score (nSPS) is 9.83. The van der Waals surface area contributed by atoms with Crippen LogP contribution in [0.4, 0.5) is 0 Å². The standard InChI is InChI=1S/C8H8O3S.C3H4O2.K/c9-12(10,11)7-6-8-4-2-1-3-5-8;1-2-3(4)5;/h1-7H,(H,9,10,11);2H,1H2,(H,4,5);/q;;+1/p-1. The maximum atomic E-state index is 10.3. The van der Waals surface area contributed by atoms with Gasteiger partial charge in [-0.25, -0.2) is 0 Å². The minimum absolute atomic E-state index is 0. The van der Waals surface area contributed by atoms with Gasteiger partial charge in [0.25, 0.3) is 10.1 Å². The van der Waals surface area contributed by atoms with E-state index in [9.17, 15) is 8.42 Å². The van der Waals surface area contributed by atoms with Gasteiger partial charge < -0.3 is 9.90 Å². The summed E-state index contributed by atoms with van der Waals surface area (Å²) in [5.41, 5.74) is 0.732. The van der Waals surface area contributed by atoms with Crippen molar-refractivity contribution in [1.82, 2.24) is 0 Å². The Morgan fingerprint density at radius 1 is 1.28 bits per heavy atom. The molecule has 0 heterocycles. The van der Waals surface area contributed by atoms with Crippen molar-refractivity contribution >= 4 is 22.2 Å². The zero-order valence-corrected chi connectivity index (χ0v) is 13.8. The van der Waals surface area contributed by atoms with E-state index in [1.807, 2.05) is 6.07 Å². The Bertz CT molecular complexity index is 493. The summed E-state index contributed by atoms with van der Waals surface area (Å²) in [7, 11) is -4.00. The smallest absolute Gasteiger partial charge is 0.545 e. The molecule has 7 heteroatoms. The van der Waals surface area contributed by atoms with Crippen molar-refractivity contribution in [2.24, 2.45) is 0 Å². The molecule has 0 aliphatic rings. The first kappa shape index (κ1) is 20.0. The molecule has 92 valence electrons. The molecule has 0 aliphatic carbocycles. The van der Waals surface area contributed by atoms with Crippen molar-refractivity contribution in [3.8, 4) is 0 Å². The number of carbonyl (C=O) groups excluding carboxylic acids is 1. The van der Waals surface area contributed by atoms with Crippen LogP contribution >= 0.6 is 0 Å². The number of hydrogen-bond donors (Lipinski definition) is 1. The zero-order valence-electron chi connectivity index (χ0n) is 9.81. The van der Waals surface area contributed by atoms with Gasteiger partial charge in [0, 0.05) is 0 Å². The van der Waals surface area contributed by atoms with Crippen molar-refractivity contribution in [3.63, 3.8) is 0 Å². The molecular formula is C11H11KO5S. The largest absolute Gasteiger partial charge is 1.00 e. The Hall–Kier alpha value is -0.284. The molecule has 1 aromatic rings. The third-order valence-electron chi connectivity index (χ3n) is 1.40. The van der Waals surface area contributed by atoms with Gasteiger partial charge in [-0.15, -0.1) is 0 Å². The van der Waals surface area contributed by atoms with Gasteiger partial charge in [-0.1, -0.05) is 36.9 Å². The molecule has 18 heavy (non-hydrogen) atoms. The molecule has 0 spiro atoms. The molecule has 1 aromatic carbocycles. The number of hydrogen-bond acceptors (Lipinski definition) is 4. The Morgan fingerprint density at radius 3 is 2.06 bits per heavy atom. The van der Waals surface area contributed by atoms with E-state index in [2.05, 4.69) is 6.58 Å². The minimum atomic E-state index is -4.00. The number of carbonyl (C=O) groups is 1. The second kappa shape index (κ2) is 10.6. The molecule has 0 saturated carbocycles. The molecule has 0 atom stereocenters. The number of carboxylic acids is 1. The summed E-state index contributed by atoms with van der Waals surface area (Å²) in [5.74, 6) is -1.23. The van der Waals surface area contributed by atoms with E-state index in [1.54, 1.807) is 24.3 Å². The average molecular weight is 294 g/mol. The Morgan fingerprint density at radius 2 is 1.72 bits per heavy atom. The predicted molar refractivity (Wildman–Crippen MR) is 62.2 cm³/mol. The van der Waals surface area contributed by atoms with Gasteiger partial charge >= 0.3 is 51.4 Å². The van der Waals surface area contributed by atoms with Crippen molar-refractivity contribution < 1.29 is 74.3 Å². The maximum Gasteiger partial charge on any atom is 1.00 e. The summed E-state index contributed by atoms with van der Waals surface area (Å²) >= 11 is 0. The first-order valence-corrected chi connectivity index (χ1v) is 5.89. The maximum absolute atomic E-state index is 10.3. The van der Waals surface area contributed by atoms with Gasteiger partial charge in [0.05, 0.1) is 11.4 Å². The molecular weight excluding hydrogens is 283 g/mol. The van der Waals surface area contributed by atoms with Gasteiger partial charge in [0.1, 0.15) is 0 Å². The molecule has 1 N–H and O–H groups in total. The van der Waals surface area contributed by atoms with Crippen LogP contribution in [-0.2, 0) is 14.9 Å². The van der Waals surface area contributed by atoms with Crippen LogP contribution in [0.15, 0.2) is 48.4 Å². The van der Waals surface area contributed by atoms with Crippen LogP contribution in [0.5, 0.6) is 0 Å². The van der Waals surface area contributed by atoms with Crippen LogP contribution in [0.2, 0.25) is 0 Å². The third-order valence-corrected chi connectivity index (χ3v) is 1.88. The summed E-state index contributed by atoms with van der Waals surface area (Å²) in [6.45, 7) is 2.90. The van der Waals surface area contributed by atoms with Crippen molar-refractivity contribution in [1.29, 1.82) is 0 Å². The Kier molecular flexibility index (Phi) is 11.8. The van der Waals surface area contributed by atoms with Crippen molar-refractivity contribution in [3.05, 3.63) is 54.0 Å². The van der Waals surface area contributed by atoms with E-state index in [-0.39, 0.29) is 51.4 Å². The first-order valence-electron chi connectivity index (χ1n) is 4.39. The molecule has 0 aliphatic heterocycles. The van der Waals surface area contributed by atoms with Crippen LogP contribution in [-0.4, -0.2) is 18.9 Å². The van der Waals surface area contributed by atoms with E-state index in [4.69, 9.17) is 14.5 Å². The topological polar surface area (TPSA) is 94.5 Å². The van der Waals surface area contributed by atoms with E-state index >= 15 is 0 Å². The summed E-state index contributed by atoms with van der Waals surface area (Å²) in [6.07, 6.45) is 2.05. The van der Waals surface area contributed by atoms with Crippen LogP contribution in [0.3, 0.4) is 0 Å². The molecule has 0 saturated heterocycles. The number of aliphatic carboxylic acids is 1. The number of rotatable bonds is 3. The van der Waals surface area contributed by atoms with Crippen LogP contribution in [0.25, 0.3) is 6.08 Å². The van der Waals surface area contributed by atoms with Crippen molar-refractivity contribution in [2.45, 2.75) is 0 Å². The quantitative estimate of drug-likeness (QED) is 0.377. The summed E-state index contributed by atoms with van der Waals surface area (Å²) in [6, 6.07) is 8.86. The third kappa shape index (κ3) is 13.8. The second-order valence-corrected chi connectivity index (χ2v) is 4.05. The van der Waals surface area contributed by atoms with E-state index < -0.39 is 16.1 Å². The first-order chi connectivity index (χ1) is 7.85. The second-order valence-electron chi connectivity index (χ2n) is 2.75. The average Bonchev–Trinajstić information content (AvgIpc) is 2.28. The van der Waals surface area contributed by atoms with E-state index in [1.165, 1.54) is 6.08 Å². The molecule has 0 bridgehead atoms. The van der Waals surface area contributed by atoms with Gasteiger partial charge in [-0.2, -0.15) is 8.42 Å². The zero-order chi connectivity index (χ0) is 13.3. The predicted octanol–water partition coefficient (Wildman–Crippen LogP) is -2.53. The fraction of sp³-hybridized carbons (Fsp3) is 0. The molecule has 5 nitrogen and oxygen atoms in total. The van der Waals surface area contributed by atoms with Gasteiger partial charge in [0.2, 0.25) is 0 Å². The SMILES string of the molecule is C=CC(=O)[O-].O=S(=O)(O)C=Cc1ccccc1.[K+]. The molecule has 0 radical (unpaired) electrons. The van der Waals surface area contributed by atoms with Gasteiger partial charge in [0.15, 0.2) is 0 Å². The molecule has 0 unspecified atom stereocenters. The van der Waals surface area contributed by atoms with Gasteiger partial charge in [-0.05, 0) is 17.7 Å². The number of carboxylic acid groups (broad SMARTS) is 1. The van der Waals surface area contributed by atoms with E-state index in [0.29, 0.717) is 0 Å². The molecule has 0 amide bonds. The van der Waals surface area contributed by atoms with E-state index in [0.717, 1.165) is 17.0 Å². The minimum Gasteiger partial charge on any atom is -0.545 e. The monoisotopic (exact) mass is 294 g/mol. The van der Waals surface area contributed by atoms with Crippen LogP contribution in [0, 0.1) is 0 Å². The van der Waals surface area contributed by atoms with Crippen LogP contribution in [0.1, 0.15) is 5.56 Å². The Balaban J connectivity index is 0. The van der Waals surface area contributed by atoms with Gasteiger partial charge in [-0.3, -0.25) is 4.55 Å². The Labute approximate surface area is 148 Å². The van der Waals surface area contributed by atoms with Crippen LogP contribution < -0.4 is 56.5 Å². The summed E-state index contributed by atoms with van der Waals surface area (Å²) in [4.78, 5) is 9.14. The molecule has 0 aromatic heterocycles. The fourth-order valence-corrected chi connectivity index (χ4v) is 1.06. The number of benzene rings is 1. The molecule has 1 rings (SSSR count). The fourth-order valence-electron chi connectivity index (χ4n) is 0.729. The summed E-state index contributed by atoms with van der Waals surface area (Å²) < 4.78 is 28.9. The molecule has 0 fully saturated rings. The summed E-state index contributed by atoms with van der Waals surface area (Å²) in [5, 5.41) is 9.89.